The smallest absolute Gasteiger partial charge is 0.326 e. The molecule has 0 spiro atoms. The number of H-pyrrole nitrogens is 2. The summed E-state index contributed by atoms with van der Waals surface area (Å²) < 4.78 is 0. The van der Waals surface area contributed by atoms with E-state index in [1.807, 2.05) is 30.5 Å². The van der Waals surface area contributed by atoms with Gasteiger partial charge in [-0.05, 0) is 11.6 Å². The van der Waals surface area contributed by atoms with Gasteiger partial charge >= 0.3 is 5.97 Å². The molecular formula is C16H14N6O2. The quantitative estimate of drug-likeness (QED) is 0.446. The van der Waals surface area contributed by atoms with Gasteiger partial charge in [-0.25, -0.2) is 19.7 Å². The molecule has 0 unspecified atom stereocenters. The van der Waals surface area contributed by atoms with Gasteiger partial charge in [-0.15, -0.1) is 0 Å². The summed E-state index contributed by atoms with van der Waals surface area (Å²) in [6.45, 7) is 0. The molecule has 8 heteroatoms. The number of imidazole rings is 1. The number of nitrogens with one attached hydrogen (secondary N) is 3. The second kappa shape index (κ2) is 5.65. The standard InChI is InChI=1S/C16H14N6O2/c23-16(24)12(5-9-6-17-11-4-2-1-3-10(9)11)22-15-13-14(19-7-18-13)20-8-21-15/h1-4,6-8,12,17H,5H2,(H,23,24)(H2,18,19,20,21,22)/t12-/m0/s1. The van der Waals surface area contributed by atoms with Crippen LogP contribution in [0.1, 0.15) is 5.56 Å². The lowest BCUT2D eigenvalue weighted by Crippen LogP contribution is -2.32. The van der Waals surface area contributed by atoms with Crippen molar-refractivity contribution < 1.29 is 9.90 Å². The number of benzene rings is 1. The number of nitrogens with zero attached hydrogens (tertiary/aromatic N) is 3. The van der Waals surface area contributed by atoms with Crippen LogP contribution < -0.4 is 5.32 Å². The Morgan fingerprint density at radius 2 is 2.08 bits per heavy atom. The number of hydrogen-bond donors (Lipinski definition) is 4. The number of para-hydroxylation sites is 1. The maximum absolute atomic E-state index is 11.7. The molecule has 0 aliphatic heterocycles. The van der Waals surface area contributed by atoms with Gasteiger partial charge in [0.2, 0.25) is 0 Å². The molecule has 0 radical (unpaired) electrons. The van der Waals surface area contributed by atoms with E-state index in [1.54, 1.807) is 0 Å². The van der Waals surface area contributed by atoms with Gasteiger partial charge in [-0.1, -0.05) is 18.2 Å². The number of hydrogen-bond acceptors (Lipinski definition) is 5. The minimum atomic E-state index is -0.952. The van der Waals surface area contributed by atoms with Crippen molar-refractivity contribution >= 4 is 33.9 Å². The fourth-order valence-corrected chi connectivity index (χ4v) is 2.76. The number of carboxylic acids is 1. The van der Waals surface area contributed by atoms with Crippen molar-refractivity contribution in [3.05, 3.63) is 48.7 Å². The zero-order valence-electron chi connectivity index (χ0n) is 12.5. The fraction of sp³-hybridized carbons (Fsp3) is 0.125. The summed E-state index contributed by atoms with van der Waals surface area (Å²) >= 11 is 0. The summed E-state index contributed by atoms with van der Waals surface area (Å²) in [6, 6.07) is 6.97. The second-order valence-corrected chi connectivity index (χ2v) is 5.42. The normalized spacial score (nSPS) is 12.5. The molecule has 3 heterocycles. The molecule has 1 atom stereocenters. The molecule has 24 heavy (non-hydrogen) atoms. The molecule has 8 nitrogen and oxygen atoms in total. The molecule has 0 saturated carbocycles. The molecule has 0 bridgehead atoms. The fourth-order valence-electron chi connectivity index (χ4n) is 2.76. The van der Waals surface area contributed by atoms with E-state index in [0.29, 0.717) is 23.4 Å². The van der Waals surface area contributed by atoms with E-state index in [9.17, 15) is 9.90 Å². The molecular weight excluding hydrogens is 308 g/mol. The Morgan fingerprint density at radius 1 is 1.21 bits per heavy atom. The topological polar surface area (TPSA) is 120 Å². The first-order valence-electron chi connectivity index (χ1n) is 7.41. The van der Waals surface area contributed by atoms with Gasteiger partial charge in [0, 0.05) is 23.5 Å². The first-order chi connectivity index (χ1) is 11.7. The monoisotopic (exact) mass is 322 g/mol. The lowest BCUT2D eigenvalue weighted by molar-refractivity contribution is -0.137. The number of fused-ring (bicyclic) bond motifs is 2. The highest BCUT2D eigenvalue weighted by Gasteiger charge is 2.21. The van der Waals surface area contributed by atoms with Crippen molar-refractivity contribution in [2.24, 2.45) is 0 Å². The van der Waals surface area contributed by atoms with Crippen LogP contribution in [0.4, 0.5) is 5.82 Å². The molecule has 0 amide bonds. The average molecular weight is 322 g/mol. The van der Waals surface area contributed by atoms with E-state index in [1.165, 1.54) is 12.7 Å². The summed E-state index contributed by atoms with van der Waals surface area (Å²) in [5.74, 6) is -0.531. The van der Waals surface area contributed by atoms with Crippen LogP contribution in [0, 0.1) is 0 Å². The summed E-state index contributed by atoms with van der Waals surface area (Å²) in [4.78, 5) is 30.0. The van der Waals surface area contributed by atoms with Crippen molar-refractivity contribution in [2.75, 3.05) is 5.32 Å². The van der Waals surface area contributed by atoms with E-state index >= 15 is 0 Å². The molecule has 120 valence electrons. The highest BCUT2D eigenvalue weighted by molar-refractivity contribution is 5.87. The Bertz CT molecular complexity index is 1020. The number of carboxylic acid groups (broad SMARTS) is 1. The van der Waals surface area contributed by atoms with Gasteiger partial charge in [-0.3, -0.25) is 0 Å². The largest absolute Gasteiger partial charge is 0.480 e. The summed E-state index contributed by atoms with van der Waals surface area (Å²) in [5, 5.41) is 13.6. The van der Waals surface area contributed by atoms with Crippen LogP contribution in [0.3, 0.4) is 0 Å². The van der Waals surface area contributed by atoms with Crippen molar-refractivity contribution in [3.63, 3.8) is 0 Å². The lowest BCUT2D eigenvalue weighted by Gasteiger charge is -2.15. The van der Waals surface area contributed by atoms with Gasteiger partial charge in [-0.2, -0.15) is 0 Å². The molecule has 4 rings (SSSR count). The molecule has 3 aromatic heterocycles. The Morgan fingerprint density at radius 3 is 2.96 bits per heavy atom. The average Bonchev–Trinajstić information content (AvgIpc) is 3.21. The summed E-state index contributed by atoms with van der Waals surface area (Å²) in [7, 11) is 0. The Hall–Kier alpha value is -3.42. The SMILES string of the molecule is O=C(O)[C@H](Cc1c[nH]c2ccccc12)Nc1ncnc2nc[nH]c12. The van der Waals surface area contributed by atoms with E-state index in [-0.39, 0.29) is 0 Å². The van der Waals surface area contributed by atoms with Crippen LogP contribution in [0.2, 0.25) is 0 Å². The van der Waals surface area contributed by atoms with Crippen molar-refractivity contribution in [3.8, 4) is 0 Å². The molecule has 0 fully saturated rings. The summed E-state index contributed by atoms with van der Waals surface area (Å²) in [6.07, 6.45) is 5.02. The highest BCUT2D eigenvalue weighted by Crippen LogP contribution is 2.21. The van der Waals surface area contributed by atoms with Crippen LogP contribution in [0.15, 0.2) is 43.1 Å². The molecule has 0 saturated heterocycles. The number of anilines is 1. The predicted molar refractivity (Wildman–Crippen MR) is 88.7 cm³/mol. The first kappa shape index (κ1) is 14.2. The zero-order chi connectivity index (χ0) is 16.5. The minimum absolute atomic E-state index is 0.318. The van der Waals surface area contributed by atoms with Gasteiger partial charge in [0.05, 0.1) is 6.33 Å². The molecule has 0 aliphatic carbocycles. The van der Waals surface area contributed by atoms with Gasteiger partial charge in [0.1, 0.15) is 17.9 Å². The maximum atomic E-state index is 11.7. The van der Waals surface area contributed by atoms with Gasteiger partial charge in [0.25, 0.3) is 0 Å². The molecule has 4 N–H and O–H groups in total. The van der Waals surface area contributed by atoms with Crippen LogP contribution in [-0.2, 0) is 11.2 Å². The Labute approximate surface area is 136 Å². The van der Waals surface area contributed by atoms with Crippen LogP contribution >= 0.6 is 0 Å². The zero-order valence-corrected chi connectivity index (χ0v) is 12.5. The molecule has 0 aliphatic rings. The van der Waals surface area contributed by atoms with Crippen LogP contribution in [-0.4, -0.2) is 42.0 Å². The third-order valence-electron chi connectivity index (χ3n) is 3.93. The van der Waals surface area contributed by atoms with E-state index in [2.05, 4.69) is 30.2 Å². The van der Waals surface area contributed by atoms with E-state index < -0.39 is 12.0 Å². The number of aliphatic carboxylic acids is 1. The number of rotatable bonds is 5. The van der Waals surface area contributed by atoms with Gasteiger partial charge in [0.15, 0.2) is 11.5 Å². The Balaban J connectivity index is 1.65. The summed E-state index contributed by atoms with van der Waals surface area (Å²) in [5.41, 5.74) is 2.99. The highest BCUT2D eigenvalue weighted by atomic mass is 16.4. The van der Waals surface area contributed by atoms with E-state index in [4.69, 9.17) is 0 Å². The maximum Gasteiger partial charge on any atom is 0.326 e. The molecule has 1 aromatic carbocycles. The minimum Gasteiger partial charge on any atom is -0.480 e. The van der Waals surface area contributed by atoms with Crippen molar-refractivity contribution in [1.29, 1.82) is 0 Å². The van der Waals surface area contributed by atoms with Crippen molar-refractivity contribution in [1.82, 2.24) is 24.9 Å². The van der Waals surface area contributed by atoms with E-state index in [0.717, 1.165) is 16.5 Å². The number of aromatic nitrogens is 5. The Kier molecular flexibility index (Phi) is 3.34. The number of aromatic amines is 2. The third-order valence-corrected chi connectivity index (χ3v) is 3.93. The second-order valence-electron chi connectivity index (χ2n) is 5.42. The van der Waals surface area contributed by atoms with Gasteiger partial charge < -0.3 is 20.4 Å². The lowest BCUT2D eigenvalue weighted by atomic mass is 10.1. The predicted octanol–water partition coefficient (Wildman–Crippen LogP) is 1.94. The number of carbonyl (C=O) groups is 1. The third kappa shape index (κ3) is 2.43. The van der Waals surface area contributed by atoms with Crippen LogP contribution in [0.25, 0.3) is 22.1 Å². The van der Waals surface area contributed by atoms with Crippen molar-refractivity contribution in [2.45, 2.75) is 12.5 Å². The first-order valence-corrected chi connectivity index (χ1v) is 7.41. The van der Waals surface area contributed by atoms with Crippen LogP contribution in [0.5, 0.6) is 0 Å². The molecule has 4 aromatic rings.